The van der Waals surface area contributed by atoms with Gasteiger partial charge in [0.2, 0.25) is 0 Å². The van der Waals surface area contributed by atoms with Gasteiger partial charge in [0.25, 0.3) is 0 Å². The zero-order valence-electron chi connectivity index (χ0n) is 8.20. The Morgan fingerprint density at radius 1 is 1.77 bits per heavy atom. The van der Waals surface area contributed by atoms with Crippen molar-refractivity contribution in [3.8, 4) is 6.07 Å². The van der Waals surface area contributed by atoms with Crippen LogP contribution in [-0.4, -0.2) is 15.8 Å². The average Bonchev–Trinajstić information content (AvgIpc) is 2.42. The Morgan fingerprint density at radius 3 is 2.85 bits per heavy atom. The van der Waals surface area contributed by atoms with Gasteiger partial charge < -0.3 is 5.32 Å². The lowest BCUT2D eigenvalue weighted by Crippen LogP contribution is -2.16. The van der Waals surface area contributed by atoms with Crippen LogP contribution >= 0.6 is 0 Å². The third-order valence-electron chi connectivity index (χ3n) is 2.00. The normalized spacial score (nSPS) is 12.2. The molecule has 1 heterocycles. The van der Waals surface area contributed by atoms with Crippen molar-refractivity contribution in [2.75, 3.05) is 5.32 Å². The molecule has 1 atom stereocenters. The summed E-state index contributed by atoms with van der Waals surface area (Å²) in [6.45, 7) is 3.95. The minimum atomic E-state index is -0.144. The van der Waals surface area contributed by atoms with E-state index in [1.807, 2.05) is 27.0 Å². The van der Waals surface area contributed by atoms with E-state index in [1.165, 1.54) is 0 Å². The summed E-state index contributed by atoms with van der Waals surface area (Å²) < 4.78 is 1.78. The Bertz CT molecular complexity index is 301. The van der Waals surface area contributed by atoms with Gasteiger partial charge in [-0.2, -0.15) is 10.4 Å². The molecule has 0 aliphatic carbocycles. The lowest BCUT2D eigenvalue weighted by atomic mass is 10.2. The topological polar surface area (TPSA) is 53.6 Å². The first kappa shape index (κ1) is 9.59. The molecule has 0 saturated heterocycles. The van der Waals surface area contributed by atoms with E-state index in [0.29, 0.717) is 0 Å². The summed E-state index contributed by atoms with van der Waals surface area (Å²) in [5.74, 6) is 0.772. The Labute approximate surface area is 78.2 Å². The van der Waals surface area contributed by atoms with Gasteiger partial charge in [0, 0.05) is 18.8 Å². The van der Waals surface area contributed by atoms with Crippen LogP contribution in [0.3, 0.4) is 0 Å². The first-order valence-electron chi connectivity index (χ1n) is 4.34. The van der Waals surface area contributed by atoms with Gasteiger partial charge in [-0.25, -0.2) is 0 Å². The number of nitrogens with zero attached hydrogens (tertiary/aromatic N) is 3. The fraction of sp³-hybridized carbons (Fsp3) is 0.556. The quantitative estimate of drug-likeness (QED) is 0.762. The van der Waals surface area contributed by atoms with Crippen LogP contribution in [0.4, 0.5) is 5.82 Å². The van der Waals surface area contributed by atoms with Crippen LogP contribution in [0.15, 0.2) is 6.07 Å². The van der Waals surface area contributed by atoms with Gasteiger partial charge in [-0.3, -0.25) is 4.68 Å². The summed E-state index contributed by atoms with van der Waals surface area (Å²) in [7, 11) is 1.88. The smallest absolute Gasteiger partial charge is 0.149 e. The third-order valence-corrected chi connectivity index (χ3v) is 2.00. The molecule has 0 spiro atoms. The maximum atomic E-state index is 8.72. The molecule has 1 rings (SSSR count). The Kier molecular flexibility index (Phi) is 2.91. The lowest BCUT2D eigenvalue weighted by molar-refractivity contribution is 0.735. The fourth-order valence-electron chi connectivity index (χ4n) is 1.04. The molecule has 13 heavy (non-hydrogen) atoms. The number of hydrogen-bond donors (Lipinski definition) is 1. The van der Waals surface area contributed by atoms with Crippen LogP contribution < -0.4 is 5.32 Å². The van der Waals surface area contributed by atoms with Gasteiger partial charge in [0.05, 0.1) is 6.07 Å². The average molecular weight is 178 g/mol. The highest BCUT2D eigenvalue weighted by molar-refractivity contribution is 5.38. The first-order valence-corrected chi connectivity index (χ1v) is 4.34. The van der Waals surface area contributed by atoms with Crippen molar-refractivity contribution in [1.29, 1.82) is 5.26 Å². The SMILES string of the molecule is CCC(C#N)Nc1cc(C)n(C)n1. The highest BCUT2D eigenvalue weighted by Gasteiger charge is 2.06. The second-order valence-corrected chi connectivity index (χ2v) is 3.03. The van der Waals surface area contributed by atoms with E-state index >= 15 is 0 Å². The molecule has 1 aromatic rings. The molecule has 1 N–H and O–H groups in total. The summed E-state index contributed by atoms with van der Waals surface area (Å²) in [5.41, 5.74) is 1.08. The summed E-state index contributed by atoms with van der Waals surface area (Å²) in [5, 5.41) is 16.0. The van der Waals surface area contributed by atoms with Crippen molar-refractivity contribution in [2.24, 2.45) is 7.05 Å². The number of anilines is 1. The van der Waals surface area contributed by atoms with Gasteiger partial charge in [-0.1, -0.05) is 6.92 Å². The highest BCUT2D eigenvalue weighted by atomic mass is 15.3. The minimum absolute atomic E-state index is 0.144. The van der Waals surface area contributed by atoms with E-state index in [1.54, 1.807) is 4.68 Å². The Balaban J connectivity index is 2.69. The van der Waals surface area contributed by atoms with E-state index in [0.717, 1.165) is 17.9 Å². The molecule has 1 aromatic heterocycles. The lowest BCUT2D eigenvalue weighted by Gasteiger charge is -2.06. The predicted octanol–water partition coefficient (Wildman–Crippen LogP) is 1.44. The Morgan fingerprint density at radius 2 is 2.46 bits per heavy atom. The number of aryl methyl sites for hydroxylation is 2. The van der Waals surface area contributed by atoms with E-state index < -0.39 is 0 Å². The molecule has 0 radical (unpaired) electrons. The largest absolute Gasteiger partial charge is 0.353 e. The molecule has 0 aromatic carbocycles. The number of aromatic nitrogens is 2. The molecule has 0 amide bonds. The zero-order chi connectivity index (χ0) is 9.84. The summed E-state index contributed by atoms with van der Waals surface area (Å²) in [4.78, 5) is 0. The van der Waals surface area contributed by atoms with Crippen molar-refractivity contribution in [1.82, 2.24) is 9.78 Å². The monoisotopic (exact) mass is 178 g/mol. The van der Waals surface area contributed by atoms with E-state index in [4.69, 9.17) is 5.26 Å². The van der Waals surface area contributed by atoms with Crippen LogP contribution in [-0.2, 0) is 7.05 Å². The summed E-state index contributed by atoms with van der Waals surface area (Å²) in [6, 6.07) is 3.95. The molecule has 0 fully saturated rings. The zero-order valence-corrected chi connectivity index (χ0v) is 8.20. The third kappa shape index (κ3) is 2.22. The van der Waals surface area contributed by atoms with Crippen LogP contribution in [0.1, 0.15) is 19.0 Å². The maximum Gasteiger partial charge on any atom is 0.149 e. The number of hydrogen-bond acceptors (Lipinski definition) is 3. The summed E-state index contributed by atoms with van der Waals surface area (Å²) in [6.07, 6.45) is 0.784. The molecular formula is C9H14N4. The second kappa shape index (κ2) is 3.94. The molecule has 70 valence electrons. The molecule has 0 bridgehead atoms. The molecule has 0 aliphatic heterocycles. The van der Waals surface area contributed by atoms with Crippen molar-refractivity contribution in [2.45, 2.75) is 26.3 Å². The number of nitriles is 1. The van der Waals surface area contributed by atoms with Crippen molar-refractivity contribution < 1.29 is 0 Å². The molecule has 4 heteroatoms. The molecule has 4 nitrogen and oxygen atoms in total. The van der Waals surface area contributed by atoms with Crippen molar-refractivity contribution in [3.05, 3.63) is 11.8 Å². The molecule has 1 unspecified atom stereocenters. The molecule has 0 saturated carbocycles. The van der Waals surface area contributed by atoms with Gasteiger partial charge in [0.1, 0.15) is 11.9 Å². The molecular weight excluding hydrogens is 164 g/mol. The van der Waals surface area contributed by atoms with Crippen LogP contribution in [0, 0.1) is 18.3 Å². The number of rotatable bonds is 3. The van der Waals surface area contributed by atoms with Crippen LogP contribution in [0.2, 0.25) is 0 Å². The van der Waals surface area contributed by atoms with E-state index in [-0.39, 0.29) is 6.04 Å². The standard InChI is InChI=1S/C9H14N4/c1-4-8(6-10)11-9-5-7(2)13(3)12-9/h5,8H,4H2,1-3H3,(H,11,12). The summed E-state index contributed by atoms with van der Waals surface area (Å²) >= 11 is 0. The van der Waals surface area contributed by atoms with Crippen LogP contribution in [0.5, 0.6) is 0 Å². The fourth-order valence-corrected chi connectivity index (χ4v) is 1.04. The Hall–Kier alpha value is -1.50. The van der Waals surface area contributed by atoms with Crippen LogP contribution in [0.25, 0.3) is 0 Å². The number of nitrogens with one attached hydrogen (secondary N) is 1. The van der Waals surface area contributed by atoms with Gasteiger partial charge in [0.15, 0.2) is 0 Å². The second-order valence-electron chi connectivity index (χ2n) is 3.03. The molecule has 0 aliphatic rings. The van der Waals surface area contributed by atoms with Gasteiger partial charge >= 0.3 is 0 Å². The maximum absolute atomic E-state index is 8.72. The van der Waals surface area contributed by atoms with E-state index in [9.17, 15) is 0 Å². The highest BCUT2D eigenvalue weighted by Crippen LogP contribution is 2.08. The predicted molar refractivity (Wildman–Crippen MR) is 51.3 cm³/mol. The van der Waals surface area contributed by atoms with Gasteiger partial charge in [-0.15, -0.1) is 0 Å². The first-order chi connectivity index (χ1) is 6.17. The van der Waals surface area contributed by atoms with Crippen molar-refractivity contribution in [3.63, 3.8) is 0 Å². The minimum Gasteiger partial charge on any atom is -0.353 e. The van der Waals surface area contributed by atoms with Crippen molar-refractivity contribution >= 4 is 5.82 Å². The van der Waals surface area contributed by atoms with Gasteiger partial charge in [-0.05, 0) is 13.3 Å². The van der Waals surface area contributed by atoms with E-state index in [2.05, 4.69) is 16.5 Å².